The molecular weight excluding hydrogens is 146 g/mol. The molecule has 1 N–H and O–H groups in total. The lowest BCUT2D eigenvalue weighted by Gasteiger charge is -2.44. The molecule has 0 atom stereocenters. The molecule has 0 aromatic rings. The zero-order valence-corrected chi connectivity index (χ0v) is 8.18. The highest BCUT2D eigenvalue weighted by Crippen LogP contribution is 2.47. The molecule has 0 amide bonds. The Hall–Kier alpha value is -0.0400. The third-order valence-electron chi connectivity index (χ3n) is 3.89. The third-order valence-corrected chi connectivity index (χ3v) is 3.89. The van der Waals surface area contributed by atoms with E-state index in [1.165, 1.54) is 19.4 Å². The van der Waals surface area contributed by atoms with E-state index in [0.29, 0.717) is 0 Å². The van der Waals surface area contributed by atoms with Crippen LogP contribution in [-0.2, 0) is 0 Å². The summed E-state index contributed by atoms with van der Waals surface area (Å²) in [6, 6.07) is 0. The van der Waals surface area contributed by atoms with Crippen LogP contribution in [-0.4, -0.2) is 13.6 Å². The topological polar surface area (TPSA) is 12.0 Å². The molecule has 0 aromatic heterocycles. The molecule has 2 fully saturated rings. The fourth-order valence-corrected chi connectivity index (χ4v) is 2.67. The van der Waals surface area contributed by atoms with E-state index in [-0.39, 0.29) is 0 Å². The van der Waals surface area contributed by atoms with Crippen LogP contribution in [0, 0.1) is 17.8 Å². The van der Waals surface area contributed by atoms with Crippen molar-refractivity contribution in [2.75, 3.05) is 13.6 Å². The minimum absolute atomic E-state index is 1.07. The van der Waals surface area contributed by atoms with Crippen molar-refractivity contribution in [3.05, 3.63) is 0 Å². The van der Waals surface area contributed by atoms with Gasteiger partial charge in [0.05, 0.1) is 0 Å². The minimum atomic E-state index is 1.07. The predicted octanol–water partition coefficient (Wildman–Crippen LogP) is 2.42. The van der Waals surface area contributed by atoms with Gasteiger partial charge in [0.15, 0.2) is 0 Å². The van der Waals surface area contributed by atoms with E-state index in [0.717, 1.165) is 17.8 Å². The Morgan fingerprint density at radius 2 is 1.92 bits per heavy atom. The molecule has 0 saturated heterocycles. The number of hydrogen-bond donors (Lipinski definition) is 1. The molecule has 2 aliphatic carbocycles. The summed E-state index contributed by atoms with van der Waals surface area (Å²) in [7, 11) is 2.06. The van der Waals surface area contributed by atoms with Gasteiger partial charge >= 0.3 is 0 Å². The molecule has 2 aliphatic rings. The largest absolute Gasteiger partial charge is 0.320 e. The van der Waals surface area contributed by atoms with Crippen molar-refractivity contribution in [2.45, 2.75) is 38.5 Å². The first-order chi connectivity index (χ1) is 5.90. The minimum Gasteiger partial charge on any atom is -0.320 e. The monoisotopic (exact) mass is 167 g/mol. The highest BCUT2D eigenvalue weighted by atomic mass is 14.8. The zero-order chi connectivity index (χ0) is 8.39. The quantitative estimate of drug-likeness (QED) is 0.678. The van der Waals surface area contributed by atoms with E-state index >= 15 is 0 Å². The third kappa shape index (κ3) is 1.66. The normalized spacial score (nSPS) is 35.8. The average molecular weight is 167 g/mol. The predicted molar refractivity (Wildman–Crippen MR) is 52.1 cm³/mol. The first-order valence-corrected chi connectivity index (χ1v) is 5.54. The van der Waals surface area contributed by atoms with Crippen LogP contribution < -0.4 is 5.32 Å². The maximum absolute atomic E-state index is 3.24. The molecule has 2 saturated carbocycles. The van der Waals surface area contributed by atoms with Crippen LogP contribution >= 0.6 is 0 Å². The van der Waals surface area contributed by atoms with E-state index in [9.17, 15) is 0 Å². The van der Waals surface area contributed by atoms with E-state index in [4.69, 9.17) is 0 Å². The fraction of sp³-hybridized carbons (Fsp3) is 1.00. The van der Waals surface area contributed by atoms with Gasteiger partial charge in [0.1, 0.15) is 0 Å². The first-order valence-electron chi connectivity index (χ1n) is 5.54. The second-order valence-corrected chi connectivity index (χ2v) is 4.68. The van der Waals surface area contributed by atoms with Crippen molar-refractivity contribution in [1.82, 2.24) is 5.32 Å². The Morgan fingerprint density at radius 1 is 1.17 bits per heavy atom. The molecule has 0 spiro atoms. The van der Waals surface area contributed by atoms with Crippen LogP contribution in [0.3, 0.4) is 0 Å². The second kappa shape index (κ2) is 3.78. The summed E-state index contributed by atoms with van der Waals surface area (Å²) in [6.45, 7) is 1.22. The van der Waals surface area contributed by atoms with Gasteiger partial charge in [-0.05, 0) is 50.6 Å². The van der Waals surface area contributed by atoms with Gasteiger partial charge in [0.2, 0.25) is 0 Å². The van der Waals surface area contributed by atoms with Gasteiger partial charge in [-0.1, -0.05) is 19.3 Å². The summed E-state index contributed by atoms with van der Waals surface area (Å²) in [6.07, 6.45) is 9.12. The van der Waals surface area contributed by atoms with Crippen molar-refractivity contribution >= 4 is 0 Å². The Balaban J connectivity index is 1.57. The molecule has 1 nitrogen and oxygen atoms in total. The Morgan fingerprint density at radius 3 is 2.42 bits per heavy atom. The zero-order valence-electron chi connectivity index (χ0n) is 8.18. The van der Waals surface area contributed by atoms with Crippen LogP contribution in [0.4, 0.5) is 0 Å². The van der Waals surface area contributed by atoms with E-state index in [1.54, 1.807) is 25.7 Å². The van der Waals surface area contributed by atoms with Gasteiger partial charge in [-0.15, -0.1) is 0 Å². The number of nitrogens with one attached hydrogen (secondary N) is 1. The highest BCUT2D eigenvalue weighted by Gasteiger charge is 2.36. The van der Waals surface area contributed by atoms with Crippen LogP contribution in [0.1, 0.15) is 38.5 Å². The van der Waals surface area contributed by atoms with Crippen molar-refractivity contribution < 1.29 is 0 Å². The van der Waals surface area contributed by atoms with Crippen LogP contribution in [0.2, 0.25) is 0 Å². The lowest BCUT2D eigenvalue weighted by atomic mass is 9.62. The van der Waals surface area contributed by atoms with E-state index < -0.39 is 0 Å². The lowest BCUT2D eigenvalue weighted by Crippen LogP contribution is -2.34. The van der Waals surface area contributed by atoms with Crippen molar-refractivity contribution in [1.29, 1.82) is 0 Å². The molecule has 0 heterocycles. The molecule has 0 aromatic carbocycles. The van der Waals surface area contributed by atoms with Crippen molar-refractivity contribution in [3.63, 3.8) is 0 Å². The molecule has 12 heavy (non-hydrogen) atoms. The molecule has 2 rings (SSSR count). The lowest BCUT2D eigenvalue weighted by molar-refractivity contribution is 0.0700. The van der Waals surface area contributed by atoms with Crippen LogP contribution in [0.5, 0.6) is 0 Å². The second-order valence-electron chi connectivity index (χ2n) is 4.68. The maximum atomic E-state index is 3.24. The summed E-state index contributed by atoms with van der Waals surface area (Å²) < 4.78 is 0. The van der Waals surface area contributed by atoms with Gasteiger partial charge in [0.25, 0.3) is 0 Å². The summed E-state index contributed by atoms with van der Waals surface area (Å²) >= 11 is 0. The van der Waals surface area contributed by atoms with Gasteiger partial charge in [0, 0.05) is 0 Å². The van der Waals surface area contributed by atoms with Crippen LogP contribution in [0.25, 0.3) is 0 Å². The fourth-order valence-electron chi connectivity index (χ4n) is 2.67. The van der Waals surface area contributed by atoms with E-state index in [2.05, 4.69) is 12.4 Å². The van der Waals surface area contributed by atoms with Crippen molar-refractivity contribution in [3.8, 4) is 0 Å². The number of hydrogen-bond acceptors (Lipinski definition) is 1. The Labute approximate surface area is 75.9 Å². The summed E-state index contributed by atoms with van der Waals surface area (Å²) in [5.74, 6) is 3.36. The van der Waals surface area contributed by atoms with Gasteiger partial charge in [-0.2, -0.15) is 0 Å². The standard InChI is InChI=1S/C11H21N/c1-12-6-5-9-7-11(8-9)10-3-2-4-10/h9-12H,2-8H2,1H3. The average Bonchev–Trinajstić information content (AvgIpc) is 1.89. The SMILES string of the molecule is CNCCC1CC(C2CCC2)C1. The van der Waals surface area contributed by atoms with Crippen molar-refractivity contribution in [2.24, 2.45) is 17.8 Å². The summed E-state index contributed by atoms with van der Waals surface area (Å²) in [4.78, 5) is 0. The van der Waals surface area contributed by atoms with E-state index in [1.807, 2.05) is 0 Å². The smallest absolute Gasteiger partial charge is 0.00493 e. The van der Waals surface area contributed by atoms with Crippen LogP contribution in [0.15, 0.2) is 0 Å². The van der Waals surface area contributed by atoms with Gasteiger partial charge in [-0.25, -0.2) is 0 Å². The Kier molecular flexibility index (Phi) is 2.69. The number of rotatable bonds is 4. The maximum Gasteiger partial charge on any atom is -0.00493 e. The Bertz CT molecular complexity index is 134. The molecule has 0 radical (unpaired) electrons. The summed E-state index contributed by atoms with van der Waals surface area (Å²) in [5.41, 5.74) is 0. The molecule has 1 heteroatoms. The molecule has 0 bridgehead atoms. The summed E-state index contributed by atoms with van der Waals surface area (Å²) in [5, 5.41) is 3.24. The van der Waals surface area contributed by atoms with Gasteiger partial charge < -0.3 is 5.32 Å². The first kappa shape index (κ1) is 8.55. The highest BCUT2D eigenvalue weighted by molar-refractivity contribution is 4.88. The van der Waals surface area contributed by atoms with Gasteiger partial charge in [-0.3, -0.25) is 0 Å². The molecular formula is C11H21N. The molecule has 0 unspecified atom stereocenters. The molecule has 0 aliphatic heterocycles. The molecule has 70 valence electrons.